The van der Waals surface area contributed by atoms with Crippen LogP contribution in [0.15, 0.2) is 52.9 Å². The Kier molecular flexibility index (Phi) is 4.64. The Labute approximate surface area is 157 Å². The zero-order chi connectivity index (χ0) is 18.8. The molecule has 0 radical (unpaired) electrons. The number of aromatic nitrogens is 2. The van der Waals surface area contributed by atoms with Gasteiger partial charge in [0.05, 0.1) is 12.6 Å². The van der Waals surface area contributed by atoms with Crippen molar-refractivity contribution in [1.29, 1.82) is 0 Å². The van der Waals surface area contributed by atoms with E-state index in [0.29, 0.717) is 29.5 Å². The van der Waals surface area contributed by atoms with Crippen molar-refractivity contribution in [2.45, 2.75) is 0 Å². The second-order valence-electron chi connectivity index (χ2n) is 6.51. The SMILES string of the molecule is COc1ccc(-c2nc3c(OCCN(C)C)nc4ccccc4c3o2)cc1. The number of benzene rings is 2. The van der Waals surface area contributed by atoms with Crippen molar-refractivity contribution in [1.82, 2.24) is 14.9 Å². The number of hydrogen-bond donors (Lipinski definition) is 0. The molecule has 0 saturated heterocycles. The third-order valence-corrected chi connectivity index (χ3v) is 4.31. The molecule has 4 rings (SSSR count). The van der Waals surface area contributed by atoms with E-state index in [4.69, 9.17) is 13.9 Å². The summed E-state index contributed by atoms with van der Waals surface area (Å²) >= 11 is 0. The van der Waals surface area contributed by atoms with Crippen molar-refractivity contribution in [3.63, 3.8) is 0 Å². The summed E-state index contributed by atoms with van der Waals surface area (Å²) in [6, 6.07) is 15.5. The zero-order valence-electron chi connectivity index (χ0n) is 15.6. The fourth-order valence-corrected chi connectivity index (χ4v) is 2.86. The first kappa shape index (κ1) is 17.3. The van der Waals surface area contributed by atoms with E-state index in [9.17, 15) is 0 Å². The predicted molar refractivity (Wildman–Crippen MR) is 105 cm³/mol. The van der Waals surface area contributed by atoms with Crippen LogP contribution in [0.3, 0.4) is 0 Å². The van der Waals surface area contributed by atoms with E-state index < -0.39 is 0 Å². The first-order valence-electron chi connectivity index (χ1n) is 8.77. The van der Waals surface area contributed by atoms with Crippen LogP contribution in [0.1, 0.15) is 0 Å². The average Bonchev–Trinajstić information content (AvgIpc) is 3.14. The molecule has 0 N–H and O–H groups in total. The van der Waals surface area contributed by atoms with E-state index >= 15 is 0 Å². The molecule has 0 fully saturated rings. The highest BCUT2D eigenvalue weighted by molar-refractivity contribution is 6.03. The van der Waals surface area contributed by atoms with E-state index in [-0.39, 0.29) is 0 Å². The molecule has 2 heterocycles. The maximum Gasteiger partial charge on any atom is 0.244 e. The molecule has 27 heavy (non-hydrogen) atoms. The molecule has 0 bridgehead atoms. The highest BCUT2D eigenvalue weighted by atomic mass is 16.5. The number of rotatable bonds is 6. The van der Waals surface area contributed by atoms with Gasteiger partial charge in [-0.25, -0.2) is 9.97 Å². The Hall–Kier alpha value is -3.12. The largest absolute Gasteiger partial charge is 0.497 e. The van der Waals surface area contributed by atoms with Crippen molar-refractivity contribution >= 4 is 22.0 Å². The van der Waals surface area contributed by atoms with Crippen molar-refractivity contribution in [3.8, 4) is 23.1 Å². The summed E-state index contributed by atoms with van der Waals surface area (Å²) in [5.41, 5.74) is 3.02. The molecule has 0 atom stereocenters. The first-order valence-corrected chi connectivity index (χ1v) is 8.77. The first-order chi connectivity index (χ1) is 13.2. The molecule has 4 aromatic rings. The van der Waals surface area contributed by atoms with Crippen LogP contribution in [0.2, 0.25) is 0 Å². The highest BCUT2D eigenvalue weighted by Crippen LogP contribution is 2.34. The normalized spacial score (nSPS) is 11.4. The van der Waals surface area contributed by atoms with Gasteiger partial charge in [-0.2, -0.15) is 0 Å². The van der Waals surface area contributed by atoms with Crippen molar-refractivity contribution in [2.75, 3.05) is 34.4 Å². The second kappa shape index (κ2) is 7.25. The fraction of sp³-hybridized carbons (Fsp3) is 0.238. The van der Waals surface area contributed by atoms with Gasteiger partial charge in [-0.05, 0) is 50.5 Å². The summed E-state index contributed by atoms with van der Waals surface area (Å²) in [5, 5.41) is 0.916. The topological polar surface area (TPSA) is 60.6 Å². The minimum Gasteiger partial charge on any atom is -0.497 e. The van der Waals surface area contributed by atoms with Crippen LogP contribution in [0.5, 0.6) is 11.6 Å². The third-order valence-electron chi connectivity index (χ3n) is 4.31. The summed E-state index contributed by atoms with van der Waals surface area (Å²) < 4.78 is 17.3. The maximum atomic E-state index is 6.13. The van der Waals surface area contributed by atoms with Gasteiger partial charge in [-0.3, -0.25) is 0 Å². The fourth-order valence-electron chi connectivity index (χ4n) is 2.86. The van der Waals surface area contributed by atoms with Gasteiger partial charge in [0.2, 0.25) is 11.8 Å². The molecule has 2 aromatic carbocycles. The van der Waals surface area contributed by atoms with Gasteiger partial charge in [0.25, 0.3) is 0 Å². The zero-order valence-corrected chi connectivity index (χ0v) is 15.6. The quantitative estimate of drug-likeness (QED) is 0.516. The van der Waals surface area contributed by atoms with Crippen LogP contribution in [0.4, 0.5) is 0 Å². The Morgan fingerprint density at radius 1 is 1.00 bits per heavy atom. The maximum absolute atomic E-state index is 6.13. The van der Waals surface area contributed by atoms with Gasteiger partial charge in [0.15, 0.2) is 11.1 Å². The van der Waals surface area contributed by atoms with Gasteiger partial charge in [-0.15, -0.1) is 0 Å². The van der Waals surface area contributed by atoms with Gasteiger partial charge in [0, 0.05) is 17.5 Å². The molecule has 6 heteroatoms. The number of fused-ring (bicyclic) bond motifs is 3. The monoisotopic (exact) mass is 363 g/mol. The number of oxazole rings is 1. The van der Waals surface area contributed by atoms with Crippen molar-refractivity contribution in [2.24, 2.45) is 0 Å². The Balaban J connectivity index is 1.82. The summed E-state index contributed by atoms with van der Waals surface area (Å²) in [5.74, 6) is 1.81. The number of nitrogens with zero attached hydrogens (tertiary/aromatic N) is 3. The lowest BCUT2D eigenvalue weighted by molar-refractivity contribution is 0.256. The molecule has 0 spiro atoms. The number of hydrogen-bond acceptors (Lipinski definition) is 6. The standard InChI is InChI=1S/C21H21N3O3/c1-24(2)12-13-26-21-18-19(16-6-4-5-7-17(16)22-21)27-20(23-18)14-8-10-15(25-3)11-9-14/h4-11H,12-13H2,1-3H3. The van der Waals surface area contributed by atoms with Crippen LogP contribution in [0.25, 0.3) is 33.5 Å². The van der Waals surface area contributed by atoms with Crippen LogP contribution >= 0.6 is 0 Å². The van der Waals surface area contributed by atoms with Crippen LogP contribution in [-0.2, 0) is 0 Å². The molecule has 0 aliphatic rings. The summed E-state index contributed by atoms with van der Waals surface area (Å²) in [7, 11) is 5.65. The average molecular weight is 363 g/mol. The van der Waals surface area contributed by atoms with Crippen LogP contribution in [0, 0.1) is 0 Å². The summed E-state index contributed by atoms with van der Waals surface area (Å²) in [6.07, 6.45) is 0. The molecule has 6 nitrogen and oxygen atoms in total. The molecule has 0 aliphatic carbocycles. The van der Waals surface area contributed by atoms with E-state index in [2.05, 4.69) is 14.9 Å². The number of methoxy groups -OCH3 is 1. The third kappa shape index (κ3) is 3.44. The molecule has 0 amide bonds. The van der Waals surface area contributed by atoms with Crippen LogP contribution in [-0.4, -0.2) is 49.2 Å². The highest BCUT2D eigenvalue weighted by Gasteiger charge is 2.17. The number of para-hydroxylation sites is 1. The summed E-state index contributed by atoms with van der Waals surface area (Å²) in [6.45, 7) is 1.32. The minimum absolute atomic E-state index is 0.495. The molecule has 0 aliphatic heterocycles. The second-order valence-corrected chi connectivity index (χ2v) is 6.51. The Bertz CT molecular complexity index is 1070. The lowest BCUT2D eigenvalue weighted by Gasteiger charge is -2.11. The van der Waals surface area contributed by atoms with Gasteiger partial charge >= 0.3 is 0 Å². The van der Waals surface area contributed by atoms with E-state index in [1.54, 1.807) is 7.11 Å². The lowest BCUT2D eigenvalue weighted by Crippen LogP contribution is -2.19. The van der Waals surface area contributed by atoms with Crippen molar-refractivity contribution < 1.29 is 13.9 Å². The number of likely N-dealkylation sites (N-methyl/N-ethyl adjacent to an activating group) is 1. The molecule has 138 valence electrons. The molecule has 0 unspecified atom stereocenters. The molecule has 2 aromatic heterocycles. The predicted octanol–water partition coefficient (Wildman–Crippen LogP) is 3.99. The van der Waals surface area contributed by atoms with E-state index in [1.807, 2.05) is 62.6 Å². The molecule has 0 saturated carbocycles. The lowest BCUT2D eigenvalue weighted by atomic mass is 10.2. The Morgan fingerprint density at radius 2 is 1.78 bits per heavy atom. The smallest absolute Gasteiger partial charge is 0.244 e. The molecular formula is C21H21N3O3. The Morgan fingerprint density at radius 3 is 2.52 bits per heavy atom. The van der Waals surface area contributed by atoms with Gasteiger partial charge in [-0.1, -0.05) is 12.1 Å². The molecular weight excluding hydrogens is 342 g/mol. The van der Waals surface area contributed by atoms with Gasteiger partial charge < -0.3 is 18.8 Å². The van der Waals surface area contributed by atoms with E-state index in [0.717, 1.165) is 28.8 Å². The van der Waals surface area contributed by atoms with E-state index in [1.165, 1.54) is 0 Å². The van der Waals surface area contributed by atoms with Gasteiger partial charge in [0.1, 0.15) is 12.4 Å². The summed E-state index contributed by atoms with van der Waals surface area (Å²) in [4.78, 5) is 11.4. The van der Waals surface area contributed by atoms with Crippen molar-refractivity contribution in [3.05, 3.63) is 48.5 Å². The number of pyridine rings is 1. The van der Waals surface area contributed by atoms with Crippen LogP contribution < -0.4 is 9.47 Å². The number of ether oxygens (including phenoxy) is 2. The minimum atomic E-state index is 0.495.